The summed E-state index contributed by atoms with van der Waals surface area (Å²) in [5.74, 6) is 0. The zero-order chi connectivity index (χ0) is 16.4. The Kier molecular flexibility index (Phi) is 4.23. The van der Waals surface area contributed by atoms with Gasteiger partial charge in [-0.25, -0.2) is 0 Å². The number of tetrazole rings is 1. The van der Waals surface area contributed by atoms with Gasteiger partial charge in [-0.3, -0.25) is 0 Å². The van der Waals surface area contributed by atoms with Crippen LogP contribution in [0.3, 0.4) is 0 Å². The minimum Gasteiger partial charge on any atom is -0.377 e. The first-order chi connectivity index (χ1) is 11.8. The van der Waals surface area contributed by atoms with E-state index in [0.29, 0.717) is 6.10 Å². The predicted molar refractivity (Wildman–Crippen MR) is 91.6 cm³/mol. The van der Waals surface area contributed by atoms with Gasteiger partial charge in [-0.2, -0.15) is 4.52 Å². The van der Waals surface area contributed by atoms with Gasteiger partial charge in [0.1, 0.15) is 0 Å². The third-order valence-corrected chi connectivity index (χ3v) is 4.43. The molecule has 6 heteroatoms. The maximum absolute atomic E-state index is 5.66. The van der Waals surface area contributed by atoms with E-state index in [1.807, 2.05) is 6.20 Å². The number of fused-ring (bicyclic) bond motifs is 1. The maximum atomic E-state index is 5.66. The van der Waals surface area contributed by atoms with Crippen LogP contribution in [-0.4, -0.2) is 39.3 Å². The highest BCUT2D eigenvalue weighted by molar-refractivity contribution is 5.67. The lowest BCUT2D eigenvalue weighted by atomic mass is 10.0. The molecule has 0 spiro atoms. The highest BCUT2D eigenvalue weighted by atomic mass is 16.5. The molecule has 4 rings (SSSR count). The molecule has 2 aromatic heterocycles. The molecule has 3 heterocycles. The number of ether oxygens (including phenoxy) is 1. The summed E-state index contributed by atoms with van der Waals surface area (Å²) >= 11 is 0. The molecular weight excluding hydrogens is 302 g/mol. The van der Waals surface area contributed by atoms with Gasteiger partial charge in [0.05, 0.1) is 6.10 Å². The molecule has 0 bridgehead atoms. The number of nitrogens with zero attached hydrogens (tertiary/aromatic N) is 4. The normalized spacial score (nSPS) is 17.6. The van der Waals surface area contributed by atoms with Crippen molar-refractivity contribution in [2.45, 2.75) is 32.4 Å². The molecule has 24 heavy (non-hydrogen) atoms. The lowest BCUT2D eigenvalue weighted by Crippen LogP contribution is -2.26. The van der Waals surface area contributed by atoms with E-state index in [2.05, 4.69) is 58.1 Å². The summed E-state index contributed by atoms with van der Waals surface area (Å²) in [7, 11) is 0. The highest BCUT2D eigenvalue weighted by Crippen LogP contribution is 2.23. The summed E-state index contributed by atoms with van der Waals surface area (Å²) in [6.45, 7) is 4.57. The zero-order valence-electron chi connectivity index (χ0n) is 13.8. The SMILES string of the molecule is Cc1cccc(-c2cc(CNC[C@H]3CCCO3)c3nnnn3c2)c1. The van der Waals surface area contributed by atoms with Gasteiger partial charge in [-0.05, 0) is 41.8 Å². The molecule has 0 saturated carbocycles. The number of benzene rings is 1. The average Bonchev–Trinajstić information content (AvgIpc) is 3.26. The van der Waals surface area contributed by atoms with E-state index in [1.54, 1.807) is 4.52 Å². The number of hydrogen-bond donors (Lipinski definition) is 1. The summed E-state index contributed by atoms with van der Waals surface area (Å²) in [6, 6.07) is 10.6. The van der Waals surface area contributed by atoms with E-state index in [4.69, 9.17) is 4.74 Å². The third-order valence-electron chi connectivity index (χ3n) is 4.43. The number of rotatable bonds is 5. The van der Waals surface area contributed by atoms with Crippen LogP contribution >= 0.6 is 0 Å². The topological polar surface area (TPSA) is 64.3 Å². The van der Waals surface area contributed by atoms with E-state index in [0.717, 1.165) is 49.3 Å². The van der Waals surface area contributed by atoms with Crippen molar-refractivity contribution in [2.24, 2.45) is 0 Å². The second-order valence-corrected chi connectivity index (χ2v) is 6.34. The van der Waals surface area contributed by atoms with Gasteiger partial charge in [0, 0.05) is 37.0 Å². The van der Waals surface area contributed by atoms with Crippen LogP contribution in [0.2, 0.25) is 0 Å². The van der Waals surface area contributed by atoms with Crippen LogP contribution in [0.15, 0.2) is 36.5 Å². The Morgan fingerprint density at radius 1 is 1.29 bits per heavy atom. The number of hydrogen-bond acceptors (Lipinski definition) is 5. The van der Waals surface area contributed by atoms with Crippen LogP contribution < -0.4 is 5.32 Å². The first-order valence-corrected chi connectivity index (χ1v) is 8.39. The Balaban J connectivity index is 1.60. The summed E-state index contributed by atoms with van der Waals surface area (Å²) in [6.07, 6.45) is 4.61. The van der Waals surface area contributed by atoms with Gasteiger partial charge in [-0.15, -0.1) is 5.10 Å². The molecule has 1 atom stereocenters. The molecule has 1 fully saturated rings. The van der Waals surface area contributed by atoms with Crippen LogP contribution in [0.1, 0.15) is 24.0 Å². The second kappa shape index (κ2) is 6.67. The highest BCUT2D eigenvalue weighted by Gasteiger charge is 2.15. The standard InChI is InChI=1S/C18H21N5O/c1-13-4-2-5-14(8-13)16-9-15(18-20-21-22-23(18)12-16)10-19-11-17-6-3-7-24-17/h2,4-5,8-9,12,17,19H,3,6-7,10-11H2,1H3/t17-/m1/s1. The Morgan fingerprint density at radius 2 is 2.25 bits per heavy atom. The van der Waals surface area contributed by atoms with Crippen molar-refractivity contribution in [3.05, 3.63) is 47.7 Å². The van der Waals surface area contributed by atoms with Crippen LogP contribution in [0.4, 0.5) is 0 Å². The fraction of sp³-hybridized carbons (Fsp3) is 0.389. The minimum atomic E-state index is 0.331. The third kappa shape index (κ3) is 3.16. The molecule has 0 unspecified atom stereocenters. The van der Waals surface area contributed by atoms with Crippen LogP contribution in [0, 0.1) is 6.92 Å². The summed E-state index contributed by atoms with van der Waals surface area (Å²) in [5.41, 5.74) is 5.42. The molecule has 0 radical (unpaired) electrons. The number of nitrogens with one attached hydrogen (secondary N) is 1. The predicted octanol–water partition coefficient (Wildman–Crippen LogP) is 2.37. The van der Waals surface area contributed by atoms with Crippen molar-refractivity contribution in [1.29, 1.82) is 0 Å². The van der Waals surface area contributed by atoms with Crippen molar-refractivity contribution in [2.75, 3.05) is 13.2 Å². The Labute approximate surface area is 140 Å². The zero-order valence-corrected chi connectivity index (χ0v) is 13.8. The van der Waals surface area contributed by atoms with Crippen LogP contribution in [-0.2, 0) is 11.3 Å². The van der Waals surface area contributed by atoms with Gasteiger partial charge in [0.2, 0.25) is 0 Å². The number of pyridine rings is 1. The fourth-order valence-corrected chi connectivity index (χ4v) is 3.20. The van der Waals surface area contributed by atoms with Crippen molar-refractivity contribution in [3.8, 4) is 11.1 Å². The van der Waals surface area contributed by atoms with Crippen molar-refractivity contribution in [1.82, 2.24) is 25.4 Å². The summed E-state index contributed by atoms with van der Waals surface area (Å²) < 4.78 is 7.41. The second-order valence-electron chi connectivity index (χ2n) is 6.34. The minimum absolute atomic E-state index is 0.331. The van der Waals surface area contributed by atoms with E-state index in [9.17, 15) is 0 Å². The van der Waals surface area contributed by atoms with Crippen molar-refractivity contribution in [3.63, 3.8) is 0 Å². The molecule has 3 aromatic rings. The Hall–Kier alpha value is -2.31. The van der Waals surface area contributed by atoms with E-state index in [-0.39, 0.29) is 0 Å². The van der Waals surface area contributed by atoms with Crippen molar-refractivity contribution >= 4 is 5.65 Å². The molecule has 1 N–H and O–H groups in total. The molecule has 124 valence electrons. The molecule has 1 aromatic carbocycles. The van der Waals surface area contributed by atoms with Gasteiger partial charge in [0.25, 0.3) is 0 Å². The number of aryl methyl sites for hydroxylation is 1. The Bertz CT molecular complexity index is 838. The quantitative estimate of drug-likeness (QED) is 0.781. The van der Waals surface area contributed by atoms with Crippen LogP contribution in [0.25, 0.3) is 16.8 Å². The monoisotopic (exact) mass is 323 g/mol. The van der Waals surface area contributed by atoms with Gasteiger partial charge >= 0.3 is 0 Å². The molecule has 1 aliphatic rings. The van der Waals surface area contributed by atoms with E-state index in [1.165, 1.54) is 11.1 Å². The summed E-state index contributed by atoms with van der Waals surface area (Å²) in [4.78, 5) is 0. The summed E-state index contributed by atoms with van der Waals surface area (Å²) in [5, 5.41) is 15.5. The lowest BCUT2D eigenvalue weighted by molar-refractivity contribution is 0.110. The van der Waals surface area contributed by atoms with Gasteiger partial charge in [0.15, 0.2) is 5.65 Å². The Morgan fingerprint density at radius 3 is 3.08 bits per heavy atom. The molecule has 0 amide bonds. The molecular formula is C18H21N5O. The molecule has 6 nitrogen and oxygen atoms in total. The average molecular weight is 323 g/mol. The largest absolute Gasteiger partial charge is 0.377 e. The first kappa shape index (κ1) is 15.2. The molecule has 0 aliphatic carbocycles. The maximum Gasteiger partial charge on any atom is 0.183 e. The van der Waals surface area contributed by atoms with Gasteiger partial charge < -0.3 is 10.1 Å². The smallest absolute Gasteiger partial charge is 0.183 e. The van der Waals surface area contributed by atoms with E-state index >= 15 is 0 Å². The molecule has 1 saturated heterocycles. The molecule has 1 aliphatic heterocycles. The van der Waals surface area contributed by atoms with Crippen LogP contribution in [0.5, 0.6) is 0 Å². The van der Waals surface area contributed by atoms with E-state index < -0.39 is 0 Å². The van der Waals surface area contributed by atoms with Crippen molar-refractivity contribution < 1.29 is 4.74 Å². The fourth-order valence-electron chi connectivity index (χ4n) is 3.20. The lowest BCUT2D eigenvalue weighted by Gasteiger charge is -2.12. The first-order valence-electron chi connectivity index (χ1n) is 8.39. The number of aromatic nitrogens is 4. The van der Waals surface area contributed by atoms with Gasteiger partial charge in [-0.1, -0.05) is 29.8 Å².